The Morgan fingerprint density at radius 2 is 2.19 bits per heavy atom. The molecule has 0 aliphatic heterocycles. The van der Waals surface area contributed by atoms with Crippen molar-refractivity contribution in [2.24, 2.45) is 0 Å². The first-order valence-electron chi connectivity index (χ1n) is 4.24. The van der Waals surface area contributed by atoms with Gasteiger partial charge < -0.3 is 0 Å². The first-order valence-corrected chi connectivity index (χ1v) is 6.52. The molecule has 1 aromatic carbocycles. The summed E-state index contributed by atoms with van der Waals surface area (Å²) in [7, 11) is -4.03. The molecule has 1 aromatic rings. The van der Waals surface area contributed by atoms with Crippen molar-refractivity contribution in [2.75, 3.05) is 0 Å². The van der Waals surface area contributed by atoms with Crippen molar-refractivity contribution in [1.82, 2.24) is 4.72 Å². The molecule has 0 fully saturated rings. The predicted molar refractivity (Wildman–Crippen MR) is 59.5 cm³/mol. The van der Waals surface area contributed by atoms with Crippen molar-refractivity contribution in [3.05, 3.63) is 28.5 Å². The highest BCUT2D eigenvalue weighted by molar-refractivity contribution is 9.10. The monoisotopic (exact) mass is 306 g/mol. The van der Waals surface area contributed by atoms with E-state index in [9.17, 15) is 12.8 Å². The van der Waals surface area contributed by atoms with Crippen LogP contribution in [0.4, 0.5) is 4.39 Å². The molecule has 0 aliphatic rings. The van der Waals surface area contributed by atoms with E-state index in [0.29, 0.717) is 0 Å². The SMILES string of the molecule is CC(C#N)NS(=O)(=O)c1c(F)cccc1Br. The Labute approximate surface area is 101 Å². The topological polar surface area (TPSA) is 70.0 Å². The van der Waals surface area contributed by atoms with Crippen molar-refractivity contribution in [3.63, 3.8) is 0 Å². The van der Waals surface area contributed by atoms with Gasteiger partial charge in [0, 0.05) is 4.47 Å². The molecule has 0 amide bonds. The lowest BCUT2D eigenvalue weighted by atomic mass is 10.3. The Morgan fingerprint density at radius 3 is 2.69 bits per heavy atom. The van der Waals surface area contributed by atoms with Gasteiger partial charge in [-0.15, -0.1) is 0 Å². The largest absolute Gasteiger partial charge is 0.245 e. The standard InChI is InChI=1S/C9H8BrFN2O2S/c1-6(5-12)13-16(14,15)9-7(10)3-2-4-8(9)11/h2-4,6,13H,1H3. The van der Waals surface area contributed by atoms with Crippen molar-refractivity contribution < 1.29 is 12.8 Å². The Kier molecular flexibility index (Phi) is 4.02. The second-order valence-electron chi connectivity index (χ2n) is 3.02. The van der Waals surface area contributed by atoms with Crippen LogP contribution in [0.2, 0.25) is 0 Å². The molecule has 0 radical (unpaired) electrons. The molecule has 1 rings (SSSR count). The lowest BCUT2D eigenvalue weighted by molar-refractivity contribution is 0.552. The van der Waals surface area contributed by atoms with Crippen LogP contribution >= 0.6 is 15.9 Å². The van der Waals surface area contributed by atoms with Crippen LogP contribution in [0.5, 0.6) is 0 Å². The minimum absolute atomic E-state index is 0.116. The first kappa shape index (κ1) is 13.1. The zero-order valence-corrected chi connectivity index (χ0v) is 10.6. The molecule has 4 nitrogen and oxygen atoms in total. The Bertz CT molecular complexity index is 519. The number of sulfonamides is 1. The summed E-state index contributed by atoms with van der Waals surface area (Å²) in [6.07, 6.45) is 0. The van der Waals surface area contributed by atoms with Crippen LogP contribution < -0.4 is 4.72 Å². The molecule has 0 heterocycles. The zero-order valence-electron chi connectivity index (χ0n) is 8.24. The molecule has 0 saturated heterocycles. The van der Waals surface area contributed by atoms with Gasteiger partial charge in [0.25, 0.3) is 0 Å². The lowest BCUT2D eigenvalue weighted by Gasteiger charge is -2.10. The summed E-state index contributed by atoms with van der Waals surface area (Å²) in [5, 5.41) is 8.50. The van der Waals surface area contributed by atoms with Crippen LogP contribution in [-0.2, 0) is 10.0 Å². The van der Waals surface area contributed by atoms with E-state index in [-0.39, 0.29) is 4.47 Å². The maximum Gasteiger partial charge on any atom is 0.245 e. The smallest absolute Gasteiger partial charge is 0.207 e. The van der Waals surface area contributed by atoms with Crippen molar-refractivity contribution in [1.29, 1.82) is 5.26 Å². The quantitative estimate of drug-likeness (QED) is 0.925. The normalized spacial score (nSPS) is 13.1. The lowest BCUT2D eigenvalue weighted by Crippen LogP contribution is -2.32. The molecule has 16 heavy (non-hydrogen) atoms. The average Bonchev–Trinajstić information content (AvgIpc) is 2.16. The van der Waals surface area contributed by atoms with Gasteiger partial charge in [0.05, 0.1) is 6.07 Å². The third-order valence-corrected chi connectivity index (χ3v) is 4.25. The molecular weight excluding hydrogens is 299 g/mol. The van der Waals surface area contributed by atoms with Crippen LogP contribution in [0.1, 0.15) is 6.92 Å². The van der Waals surface area contributed by atoms with Gasteiger partial charge in [-0.3, -0.25) is 0 Å². The summed E-state index contributed by atoms with van der Waals surface area (Å²) in [6, 6.07) is 4.61. The fourth-order valence-electron chi connectivity index (χ4n) is 1.06. The van der Waals surface area contributed by atoms with E-state index in [4.69, 9.17) is 5.26 Å². The van der Waals surface area contributed by atoms with Crippen LogP contribution in [0, 0.1) is 17.1 Å². The molecule has 0 aromatic heterocycles. The highest BCUT2D eigenvalue weighted by Gasteiger charge is 2.23. The predicted octanol–water partition coefficient (Wildman–Crippen LogP) is 1.78. The van der Waals surface area contributed by atoms with Crippen LogP contribution in [-0.4, -0.2) is 14.5 Å². The fraction of sp³-hybridized carbons (Fsp3) is 0.222. The van der Waals surface area contributed by atoms with E-state index in [0.717, 1.165) is 6.07 Å². The first-order chi connectivity index (χ1) is 7.38. The van der Waals surface area contributed by atoms with Crippen molar-refractivity contribution >= 4 is 26.0 Å². The minimum Gasteiger partial charge on any atom is -0.207 e. The third-order valence-electron chi connectivity index (χ3n) is 1.71. The highest BCUT2D eigenvalue weighted by atomic mass is 79.9. The Balaban J connectivity index is 3.24. The molecule has 7 heteroatoms. The minimum atomic E-state index is -4.03. The molecule has 1 N–H and O–H groups in total. The molecule has 1 atom stereocenters. The van der Waals surface area contributed by atoms with E-state index in [1.54, 1.807) is 6.07 Å². The van der Waals surface area contributed by atoms with Gasteiger partial charge in [-0.2, -0.15) is 9.98 Å². The van der Waals surface area contributed by atoms with Crippen molar-refractivity contribution in [2.45, 2.75) is 17.9 Å². The molecular formula is C9H8BrFN2O2S. The third kappa shape index (κ3) is 2.78. The van der Waals surface area contributed by atoms with Crippen LogP contribution in [0.3, 0.4) is 0 Å². The van der Waals surface area contributed by atoms with E-state index >= 15 is 0 Å². The van der Waals surface area contributed by atoms with Crippen LogP contribution in [0.25, 0.3) is 0 Å². The van der Waals surface area contributed by atoms with Crippen molar-refractivity contribution in [3.8, 4) is 6.07 Å². The highest BCUT2D eigenvalue weighted by Crippen LogP contribution is 2.24. The van der Waals surface area contributed by atoms with Gasteiger partial charge in [0.1, 0.15) is 16.8 Å². The molecule has 1 unspecified atom stereocenters. The van der Waals surface area contributed by atoms with Crippen LogP contribution in [0.15, 0.2) is 27.6 Å². The maximum atomic E-state index is 13.4. The number of halogens is 2. The van der Waals surface area contributed by atoms with E-state index in [2.05, 4.69) is 15.9 Å². The molecule has 0 saturated carbocycles. The second kappa shape index (κ2) is 4.91. The zero-order chi connectivity index (χ0) is 12.3. The summed E-state index contributed by atoms with van der Waals surface area (Å²) in [4.78, 5) is -0.489. The van der Waals surface area contributed by atoms with E-state index in [1.807, 2.05) is 4.72 Å². The van der Waals surface area contributed by atoms with Gasteiger partial charge >= 0.3 is 0 Å². The van der Waals surface area contributed by atoms with Gasteiger partial charge in [0.15, 0.2) is 0 Å². The van der Waals surface area contributed by atoms with Gasteiger partial charge in [-0.1, -0.05) is 6.07 Å². The Morgan fingerprint density at radius 1 is 1.56 bits per heavy atom. The fourth-order valence-corrected chi connectivity index (χ4v) is 3.32. The number of nitrogens with zero attached hydrogens (tertiary/aromatic N) is 1. The summed E-state index contributed by atoms with van der Waals surface area (Å²) in [5.41, 5.74) is 0. The average molecular weight is 307 g/mol. The van der Waals surface area contributed by atoms with E-state index < -0.39 is 26.8 Å². The van der Waals surface area contributed by atoms with E-state index in [1.165, 1.54) is 19.1 Å². The number of hydrogen-bond donors (Lipinski definition) is 1. The second-order valence-corrected chi connectivity index (χ2v) is 5.53. The maximum absolute atomic E-state index is 13.4. The van der Waals surface area contributed by atoms with Gasteiger partial charge in [-0.25, -0.2) is 12.8 Å². The number of nitriles is 1. The number of hydrogen-bond acceptors (Lipinski definition) is 3. The molecule has 0 spiro atoms. The summed E-state index contributed by atoms with van der Waals surface area (Å²) in [5.74, 6) is -0.869. The molecule has 0 bridgehead atoms. The Hall–Kier alpha value is -0.970. The summed E-state index contributed by atoms with van der Waals surface area (Å²) in [6.45, 7) is 1.37. The summed E-state index contributed by atoms with van der Waals surface area (Å²) >= 11 is 2.95. The number of nitrogens with one attached hydrogen (secondary N) is 1. The van der Waals surface area contributed by atoms with Gasteiger partial charge in [-0.05, 0) is 35.0 Å². The molecule has 0 aliphatic carbocycles. The summed E-state index contributed by atoms with van der Waals surface area (Å²) < 4.78 is 39.0. The van der Waals surface area contributed by atoms with Gasteiger partial charge in [0.2, 0.25) is 10.0 Å². The molecule has 86 valence electrons. The number of benzene rings is 1. The number of rotatable bonds is 3.